The van der Waals surface area contributed by atoms with Gasteiger partial charge in [0, 0.05) is 10.4 Å². The van der Waals surface area contributed by atoms with Crippen LogP contribution in [0.1, 0.15) is 43.3 Å². The highest BCUT2D eigenvalue weighted by Gasteiger charge is 2.19. The standard InChI is InChI=1S/C18H17FO4S/c1-22-15-7-6-11(8-13(15)19)14(20)10-23-18(21)17-9-12-4-2-3-5-16(12)24-17/h6-9H,2-5,10H2,1H3. The SMILES string of the molecule is COc1ccc(C(=O)COC(=O)c2cc3c(s2)CCCC3)cc1F. The van der Waals surface area contributed by atoms with Gasteiger partial charge in [-0.15, -0.1) is 11.3 Å². The molecule has 0 N–H and O–H groups in total. The average molecular weight is 348 g/mol. The van der Waals surface area contributed by atoms with Crippen LogP contribution in [0.25, 0.3) is 0 Å². The van der Waals surface area contributed by atoms with Gasteiger partial charge in [0.1, 0.15) is 4.88 Å². The second kappa shape index (κ2) is 7.13. The Morgan fingerprint density at radius 2 is 2.00 bits per heavy atom. The van der Waals surface area contributed by atoms with Gasteiger partial charge in [-0.3, -0.25) is 4.79 Å². The van der Waals surface area contributed by atoms with Crippen molar-refractivity contribution >= 4 is 23.1 Å². The molecule has 1 aromatic heterocycles. The van der Waals surface area contributed by atoms with Crippen molar-refractivity contribution in [1.29, 1.82) is 0 Å². The lowest BCUT2D eigenvalue weighted by atomic mass is 9.99. The molecule has 24 heavy (non-hydrogen) atoms. The maximum absolute atomic E-state index is 13.6. The zero-order valence-electron chi connectivity index (χ0n) is 13.3. The van der Waals surface area contributed by atoms with E-state index in [1.165, 1.54) is 41.0 Å². The van der Waals surface area contributed by atoms with Crippen molar-refractivity contribution in [3.8, 4) is 5.75 Å². The maximum atomic E-state index is 13.6. The molecule has 1 aliphatic rings. The number of halogens is 1. The third kappa shape index (κ3) is 3.48. The van der Waals surface area contributed by atoms with Crippen LogP contribution in [0, 0.1) is 5.82 Å². The summed E-state index contributed by atoms with van der Waals surface area (Å²) in [4.78, 5) is 25.9. The molecule has 1 aliphatic carbocycles. The molecule has 6 heteroatoms. The van der Waals surface area contributed by atoms with Crippen LogP contribution in [0.2, 0.25) is 0 Å². The lowest BCUT2D eigenvalue weighted by molar-refractivity contribution is 0.0479. The first-order valence-corrected chi connectivity index (χ1v) is 8.55. The predicted molar refractivity (Wildman–Crippen MR) is 88.5 cm³/mol. The molecule has 0 unspecified atom stereocenters. The highest BCUT2D eigenvalue weighted by atomic mass is 32.1. The molecule has 0 bridgehead atoms. The number of aryl methyl sites for hydroxylation is 2. The summed E-state index contributed by atoms with van der Waals surface area (Å²) >= 11 is 1.44. The molecule has 4 nitrogen and oxygen atoms in total. The second-order valence-corrected chi connectivity index (χ2v) is 6.75. The van der Waals surface area contributed by atoms with Gasteiger partial charge in [-0.2, -0.15) is 0 Å². The van der Waals surface area contributed by atoms with Crippen LogP contribution in [0.3, 0.4) is 0 Å². The number of Topliss-reactive ketones (excluding diaryl/α,β-unsaturated/α-hetero) is 1. The summed E-state index contributed by atoms with van der Waals surface area (Å²) in [5.74, 6) is -1.52. The third-order valence-corrected chi connectivity index (χ3v) is 5.22. The van der Waals surface area contributed by atoms with E-state index in [0.717, 1.165) is 31.7 Å². The normalized spacial score (nSPS) is 13.2. The van der Waals surface area contributed by atoms with E-state index in [0.29, 0.717) is 4.88 Å². The van der Waals surface area contributed by atoms with Gasteiger partial charge in [-0.1, -0.05) is 0 Å². The topological polar surface area (TPSA) is 52.6 Å². The van der Waals surface area contributed by atoms with E-state index in [1.807, 2.05) is 6.07 Å². The fourth-order valence-electron chi connectivity index (χ4n) is 2.72. The van der Waals surface area contributed by atoms with Crippen molar-refractivity contribution in [2.45, 2.75) is 25.7 Å². The Morgan fingerprint density at radius 1 is 1.21 bits per heavy atom. The number of carbonyl (C=O) groups is 2. The van der Waals surface area contributed by atoms with Crippen molar-refractivity contribution in [2.75, 3.05) is 13.7 Å². The number of carbonyl (C=O) groups excluding carboxylic acids is 2. The third-order valence-electron chi connectivity index (χ3n) is 4.01. The fourth-order valence-corrected chi connectivity index (χ4v) is 3.86. The van der Waals surface area contributed by atoms with Crippen LogP contribution in [0.15, 0.2) is 24.3 Å². The van der Waals surface area contributed by atoms with Crippen LogP contribution < -0.4 is 4.74 Å². The Balaban J connectivity index is 1.62. The molecule has 0 spiro atoms. The monoisotopic (exact) mass is 348 g/mol. The number of methoxy groups -OCH3 is 1. The smallest absolute Gasteiger partial charge is 0.348 e. The van der Waals surface area contributed by atoms with Gasteiger partial charge in [0.25, 0.3) is 0 Å². The van der Waals surface area contributed by atoms with E-state index in [1.54, 1.807) is 0 Å². The lowest BCUT2D eigenvalue weighted by Crippen LogP contribution is -2.13. The predicted octanol–water partition coefficient (Wildman–Crippen LogP) is 3.81. The molecule has 0 radical (unpaired) electrons. The minimum Gasteiger partial charge on any atom is -0.494 e. The number of ether oxygens (including phenoxy) is 2. The van der Waals surface area contributed by atoms with Crippen LogP contribution in [0.4, 0.5) is 4.39 Å². The van der Waals surface area contributed by atoms with E-state index < -0.39 is 24.2 Å². The van der Waals surface area contributed by atoms with Crippen molar-refractivity contribution in [1.82, 2.24) is 0 Å². The molecule has 0 saturated heterocycles. The Morgan fingerprint density at radius 3 is 2.71 bits per heavy atom. The van der Waals surface area contributed by atoms with Crippen molar-refractivity contribution in [3.05, 3.63) is 51.0 Å². The van der Waals surface area contributed by atoms with Gasteiger partial charge in [0.15, 0.2) is 24.0 Å². The Hall–Kier alpha value is -2.21. The largest absolute Gasteiger partial charge is 0.494 e. The van der Waals surface area contributed by atoms with Crippen molar-refractivity contribution in [3.63, 3.8) is 0 Å². The Kier molecular flexibility index (Phi) is 4.94. The van der Waals surface area contributed by atoms with E-state index in [4.69, 9.17) is 9.47 Å². The van der Waals surface area contributed by atoms with Gasteiger partial charge >= 0.3 is 5.97 Å². The molecule has 0 amide bonds. The van der Waals surface area contributed by atoms with E-state index in [-0.39, 0.29) is 11.3 Å². The molecule has 1 heterocycles. The van der Waals surface area contributed by atoms with Crippen molar-refractivity contribution < 1.29 is 23.5 Å². The summed E-state index contributed by atoms with van der Waals surface area (Å²) in [6.07, 6.45) is 4.27. The van der Waals surface area contributed by atoms with Gasteiger partial charge < -0.3 is 9.47 Å². The Bertz CT molecular complexity index is 758. The lowest BCUT2D eigenvalue weighted by Gasteiger charge is -2.08. The molecule has 1 aromatic carbocycles. The number of fused-ring (bicyclic) bond motifs is 1. The number of hydrogen-bond acceptors (Lipinski definition) is 5. The maximum Gasteiger partial charge on any atom is 0.348 e. The number of hydrogen-bond donors (Lipinski definition) is 0. The summed E-state index contributed by atoms with van der Waals surface area (Å²) in [7, 11) is 1.35. The van der Waals surface area contributed by atoms with Gasteiger partial charge in [-0.05, 0) is 55.5 Å². The van der Waals surface area contributed by atoms with Crippen LogP contribution in [0.5, 0.6) is 5.75 Å². The highest BCUT2D eigenvalue weighted by molar-refractivity contribution is 7.14. The first kappa shape index (κ1) is 16.6. The number of rotatable bonds is 5. The first-order chi connectivity index (χ1) is 11.6. The molecule has 0 fully saturated rings. The fraction of sp³-hybridized carbons (Fsp3) is 0.333. The molecular formula is C18H17FO4S. The summed E-state index contributed by atoms with van der Waals surface area (Å²) in [6.45, 7) is -0.410. The first-order valence-electron chi connectivity index (χ1n) is 7.74. The van der Waals surface area contributed by atoms with Gasteiger partial charge in [0.05, 0.1) is 7.11 Å². The number of benzene rings is 1. The molecule has 0 saturated carbocycles. The van der Waals surface area contributed by atoms with Crippen molar-refractivity contribution in [2.24, 2.45) is 0 Å². The molecular weight excluding hydrogens is 331 g/mol. The van der Waals surface area contributed by atoms with E-state index in [9.17, 15) is 14.0 Å². The molecule has 0 aliphatic heterocycles. The molecule has 2 aromatic rings. The molecule has 0 atom stereocenters. The zero-order chi connectivity index (χ0) is 17.1. The summed E-state index contributed by atoms with van der Waals surface area (Å²) < 4.78 is 23.5. The number of esters is 1. The quantitative estimate of drug-likeness (QED) is 0.609. The highest BCUT2D eigenvalue weighted by Crippen LogP contribution is 2.30. The summed E-state index contributed by atoms with van der Waals surface area (Å²) in [5.41, 5.74) is 1.35. The van der Waals surface area contributed by atoms with E-state index >= 15 is 0 Å². The summed E-state index contributed by atoms with van der Waals surface area (Å²) in [6, 6.07) is 5.76. The number of ketones is 1. The van der Waals surface area contributed by atoms with Gasteiger partial charge in [0.2, 0.25) is 0 Å². The van der Waals surface area contributed by atoms with Crippen LogP contribution in [-0.4, -0.2) is 25.5 Å². The zero-order valence-corrected chi connectivity index (χ0v) is 14.1. The number of thiophene rings is 1. The molecule has 126 valence electrons. The molecule has 3 rings (SSSR count). The summed E-state index contributed by atoms with van der Waals surface area (Å²) in [5, 5.41) is 0. The minimum absolute atomic E-state index is 0.0627. The second-order valence-electron chi connectivity index (χ2n) is 5.61. The van der Waals surface area contributed by atoms with Crippen LogP contribution in [-0.2, 0) is 17.6 Å². The van der Waals surface area contributed by atoms with E-state index in [2.05, 4.69) is 0 Å². The van der Waals surface area contributed by atoms with Gasteiger partial charge in [-0.25, -0.2) is 9.18 Å². The average Bonchev–Trinajstić information content (AvgIpc) is 3.03. The minimum atomic E-state index is -0.624. The Labute approximate surface area is 143 Å². The van der Waals surface area contributed by atoms with Crippen LogP contribution >= 0.6 is 11.3 Å².